The number of anilines is 1. The standard InChI is InChI=1S/C20H16BrClN2O2S/c1-24(12-14-5-2-3-6-15(14)21)20(26)13-8-9-16(22)17(11-13)23-19(25)18-7-4-10-27-18/h2-11H,12H2,1H3,(H,23,25). The maximum absolute atomic E-state index is 12.8. The zero-order valence-electron chi connectivity index (χ0n) is 14.4. The van der Waals surface area contributed by atoms with Crippen LogP contribution in [0.1, 0.15) is 25.6 Å². The van der Waals surface area contributed by atoms with E-state index >= 15 is 0 Å². The smallest absolute Gasteiger partial charge is 0.265 e. The number of amides is 2. The number of benzene rings is 2. The minimum absolute atomic E-state index is 0.158. The fourth-order valence-electron chi connectivity index (χ4n) is 2.52. The highest BCUT2D eigenvalue weighted by Gasteiger charge is 2.16. The van der Waals surface area contributed by atoms with Crippen LogP contribution in [-0.2, 0) is 6.54 Å². The molecule has 1 heterocycles. The molecule has 0 aliphatic rings. The number of carbonyl (C=O) groups is 2. The van der Waals surface area contributed by atoms with Crippen LogP contribution in [0.2, 0.25) is 5.02 Å². The molecule has 1 N–H and O–H groups in total. The van der Waals surface area contributed by atoms with Crippen LogP contribution < -0.4 is 5.32 Å². The lowest BCUT2D eigenvalue weighted by atomic mass is 10.1. The van der Waals surface area contributed by atoms with Crippen LogP contribution in [0.5, 0.6) is 0 Å². The van der Waals surface area contributed by atoms with Crippen molar-refractivity contribution in [2.75, 3.05) is 12.4 Å². The van der Waals surface area contributed by atoms with Gasteiger partial charge >= 0.3 is 0 Å². The molecule has 2 aromatic carbocycles. The molecule has 0 spiro atoms. The first-order valence-corrected chi connectivity index (χ1v) is 10.1. The number of thiophene rings is 1. The van der Waals surface area contributed by atoms with Crippen LogP contribution in [0.4, 0.5) is 5.69 Å². The number of hydrogen-bond acceptors (Lipinski definition) is 3. The summed E-state index contributed by atoms with van der Waals surface area (Å²) in [5, 5.41) is 4.97. The van der Waals surface area contributed by atoms with E-state index in [0.29, 0.717) is 27.7 Å². The van der Waals surface area contributed by atoms with Crippen LogP contribution in [-0.4, -0.2) is 23.8 Å². The highest BCUT2D eigenvalue weighted by atomic mass is 79.9. The Kier molecular flexibility index (Phi) is 6.31. The third kappa shape index (κ3) is 4.77. The number of rotatable bonds is 5. The minimum Gasteiger partial charge on any atom is -0.337 e. The van der Waals surface area contributed by atoms with Crippen molar-refractivity contribution in [3.05, 3.63) is 85.5 Å². The summed E-state index contributed by atoms with van der Waals surface area (Å²) in [6.45, 7) is 0.458. The van der Waals surface area contributed by atoms with Crippen LogP contribution in [0.3, 0.4) is 0 Å². The number of nitrogens with zero attached hydrogens (tertiary/aromatic N) is 1. The van der Waals surface area contributed by atoms with Gasteiger partial charge in [-0.15, -0.1) is 11.3 Å². The van der Waals surface area contributed by atoms with Gasteiger partial charge in [0.25, 0.3) is 11.8 Å². The van der Waals surface area contributed by atoms with E-state index in [2.05, 4.69) is 21.2 Å². The summed E-state index contributed by atoms with van der Waals surface area (Å²) in [6, 6.07) is 16.2. The van der Waals surface area contributed by atoms with Crippen LogP contribution in [0.15, 0.2) is 64.5 Å². The Morgan fingerprint density at radius 2 is 1.93 bits per heavy atom. The van der Waals surface area contributed by atoms with Gasteiger partial charge in [-0.25, -0.2) is 0 Å². The normalized spacial score (nSPS) is 10.5. The summed E-state index contributed by atoms with van der Waals surface area (Å²) < 4.78 is 0.949. The Morgan fingerprint density at radius 1 is 1.15 bits per heavy atom. The molecule has 0 fully saturated rings. The molecule has 1 aromatic heterocycles. The van der Waals surface area contributed by atoms with Crippen LogP contribution >= 0.6 is 38.9 Å². The van der Waals surface area contributed by atoms with Gasteiger partial charge in [-0.05, 0) is 41.3 Å². The van der Waals surface area contributed by atoms with Crippen molar-refractivity contribution in [1.82, 2.24) is 4.90 Å². The first kappa shape index (κ1) is 19.6. The molecule has 0 unspecified atom stereocenters. The van der Waals surface area contributed by atoms with E-state index in [9.17, 15) is 9.59 Å². The summed E-state index contributed by atoms with van der Waals surface area (Å²) in [6.07, 6.45) is 0. The zero-order valence-corrected chi connectivity index (χ0v) is 17.6. The average molecular weight is 464 g/mol. The van der Waals surface area contributed by atoms with Crippen LogP contribution in [0, 0.1) is 0 Å². The van der Waals surface area contributed by atoms with Gasteiger partial charge in [0.05, 0.1) is 15.6 Å². The second kappa shape index (κ2) is 8.69. The molecule has 0 atom stereocenters. The van der Waals surface area contributed by atoms with Crippen molar-refractivity contribution in [3.8, 4) is 0 Å². The summed E-state index contributed by atoms with van der Waals surface area (Å²) in [5.74, 6) is -0.410. The lowest BCUT2D eigenvalue weighted by Gasteiger charge is -2.19. The Hall–Kier alpha value is -2.15. The Labute approximate surface area is 174 Å². The van der Waals surface area contributed by atoms with E-state index in [1.807, 2.05) is 29.6 Å². The SMILES string of the molecule is CN(Cc1ccccc1Br)C(=O)c1ccc(Cl)c(NC(=O)c2cccs2)c1. The van der Waals surface area contributed by atoms with Gasteiger partial charge in [0.2, 0.25) is 0 Å². The van der Waals surface area contributed by atoms with Gasteiger partial charge in [-0.3, -0.25) is 9.59 Å². The summed E-state index contributed by atoms with van der Waals surface area (Å²) in [7, 11) is 1.74. The molecule has 138 valence electrons. The van der Waals surface area contributed by atoms with Gasteiger partial charge in [0, 0.05) is 23.6 Å². The zero-order chi connectivity index (χ0) is 19.4. The molecule has 4 nitrogen and oxygen atoms in total. The molecule has 0 saturated heterocycles. The molecule has 0 radical (unpaired) electrons. The maximum atomic E-state index is 12.8. The van der Waals surface area contributed by atoms with Crippen molar-refractivity contribution >= 4 is 56.4 Å². The summed E-state index contributed by atoms with van der Waals surface area (Å²) in [5.41, 5.74) is 1.87. The van der Waals surface area contributed by atoms with E-state index in [0.717, 1.165) is 10.0 Å². The summed E-state index contributed by atoms with van der Waals surface area (Å²) in [4.78, 5) is 27.3. The maximum Gasteiger partial charge on any atom is 0.265 e. The van der Waals surface area contributed by atoms with E-state index in [4.69, 9.17) is 11.6 Å². The van der Waals surface area contributed by atoms with E-state index in [1.54, 1.807) is 42.3 Å². The van der Waals surface area contributed by atoms with Crippen molar-refractivity contribution in [3.63, 3.8) is 0 Å². The molecule has 7 heteroatoms. The molecule has 0 saturated carbocycles. The summed E-state index contributed by atoms with van der Waals surface area (Å²) >= 11 is 11.0. The minimum atomic E-state index is -0.252. The number of halogens is 2. The average Bonchev–Trinajstić information content (AvgIpc) is 3.19. The topological polar surface area (TPSA) is 49.4 Å². The molecule has 27 heavy (non-hydrogen) atoms. The Morgan fingerprint density at radius 3 is 2.63 bits per heavy atom. The molecular weight excluding hydrogens is 448 g/mol. The van der Waals surface area contributed by atoms with Gasteiger partial charge < -0.3 is 10.2 Å². The third-order valence-corrected chi connectivity index (χ3v) is 5.89. The Bertz CT molecular complexity index is 976. The van der Waals surface area contributed by atoms with E-state index in [-0.39, 0.29) is 11.8 Å². The van der Waals surface area contributed by atoms with Crippen molar-refractivity contribution in [1.29, 1.82) is 0 Å². The molecule has 0 bridgehead atoms. The van der Waals surface area contributed by atoms with E-state index in [1.165, 1.54) is 11.3 Å². The quantitative estimate of drug-likeness (QED) is 0.528. The second-order valence-electron chi connectivity index (χ2n) is 5.88. The van der Waals surface area contributed by atoms with Crippen molar-refractivity contribution < 1.29 is 9.59 Å². The Balaban J connectivity index is 1.77. The van der Waals surface area contributed by atoms with Gasteiger partial charge in [0.15, 0.2) is 0 Å². The van der Waals surface area contributed by atoms with Gasteiger partial charge in [0.1, 0.15) is 0 Å². The third-order valence-electron chi connectivity index (χ3n) is 3.92. The fourth-order valence-corrected chi connectivity index (χ4v) is 3.71. The predicted octanol–water partition coefficient (Wildman–Crippen LogP) is 5.69. The second-order valence-corrected chi connectivity index (χ2v) is 8.09. The molecule has 0 aliphatic heterocycles. The lowest BCUT2D eigenvalue weighted by Crippen LogP contribution is -2.26. The first-order valence-electron chi connectivity index (χ1n) is 8.09. The highest BCUT2D eigenvalue weighted by molar-refractivity contribution is 9.10. The number of hydrogen-bond donors (Lipinski definition) is 1. The van der Waals surface area contributed by atoms with Gasteiger partial charge in [-0.2, -0.15) is 0 Å². The predicted molar refractivity (Wildman–Crippen MR) is 114 cm³/mol. The molecule has 3 rings (SSSR count). The van der Waals surface area contributed by atoms with Crippen molar-refractivity contribution in [2.24, 2.45) is 0 Å². The monoisotopic (exact) mass is 462 g/mol. The molecule has 0 aliphatic carbocycles. The number of carbonyl (C=O) groups excluding carboxylic acids is 2. The molecular formula is C20H16BrClN2O2S. The first-order chi connectivity index (χ1) is 13.0. The molecule has 2 amide bonds. The largest absolute Gasteiger partial charge is 0.337 e. The molecule has 3 aromatic rings. The van der Waals surface area contributed by atoms with E-state index < -0.39 is 0 Å². The lowest BCUT2D eigenvalue weighted by molar-refractivity contribution is 0.0784. The van der Waals surface area contributed by atoms with Crippen LogP contribution in [0.25, 0.3) is 0 Å². The fraction of sp³-hybridized carbons (Fsp3) is 0.100. The highest BCUT2D eigenvalue weighted by Crippen LogP contribution is 2.25. The number of nitrogens with one attached hydrogen (secondary N) is 1. The van der Waals surface area contributed by atoms with Gasteiger partial charge in [-0.1, -0.05) is 51.8 Å². The van der Waals surface area contributed by atoms with Crippen molar-refractivity contribution in [2.45, 2.75) is 6.54 Å².